The van der Waals surface area contributed by atoms with E-state index in [4.69, 9.17) is 0 Å². The van der Waals surface area contributed by atoms with Crippen LogP contribution in [0.5, 0.6) is 0 Å². The number of ether oxygens (including phenoxy) is 2. The molecule has 12 nitrogen and oxygen atoms in total. The summed E-state index contributed by atoms with van der Waals surface area (Å²) >= 11 is 0. The Labute approximate surface area is 218 Å². The number of ketones is 2. The van der Waals surface area contributed by atoms with Gasteiger partial charge in [-0.1, -0.05) is 24.3 Å². The van der Waals surface area contributed by atoms with Gasteiger partial charge in [0.1, 0.15) is 12.1 Å². The van der Waals surface area contributed by atoms with Crippen molar-refractivity contribution in [3.63, 3.8) is 0 Å². The van der Waals surface area contributed by atoms with Crippen molar-refractivity contribution < 1.29 is 38.2 Å². The highest BCUT2D eigenvalue weighted by Crippen LogP contribution is 2.35. The summed E-state index contributed by atoms with van der Waals surface area (Å²) in [7, 11) is 2.47. The van der Waals surface area contributed by atoms with Crippen molar-refractivity contribution in [2.75, 3.05) is 37.9 Å². The first-order valence-corrected chi connectivity index (χ1v) is 11.7. The van der Waals surface area contributed by atoms with E-state index in [2.05, 4.69) is 30.7 Å². The molecule has 2 atom stereocenters. The van der Waals surface area contributed by atoms with Gasteiger partial charge in [-0.3, -0.25) is 39.4 Å². The topological polar surface area (TPSA) is 169 Å². The first-order chi connectivity index (χ1) is 18.1. The lowest BCUT2D eigenvalue weighted by Gasteiger charge is -2.23. The van der Waals surface area contributed by atoms with Crippen molar-refractivity contribution in [2.24, 2.45) is 0 Å². The Morgan fingerprint density at radius 2 is 1.05 bits per heavy atom. The van der Waals surface area contributed by atoms with Gasteiger partial charge in [0.15, 0.2) is 11.6 Å². The molecule has 0 fully saturated rings. The maximum absolute atomic E-state index is 13.5. The van der Waals surface area contributed by atoms with Crippen LogP contribution in [0.4, 0.5) is 11.4 Å². The van der Waals surface area contributed by atoms with Crippen LogP contribution in [0.15, 0.2) is 36.4 Å². The second-order valence-corrected chi connectivity index (χ2v) is 8.46. The number of anilines is 2. The molecule has 0 heterocycles. The van der Waals surface area contributed by atoms with Crippen molar-refractivity contribution in [3.05, 3.63) is 58.7 Å². The van der Waals surface area contributed by atoms with Crippen LogP contribution in [-0.2, 0) is 28.7 Å². The molecule has 0 bridgehead atoms. The first-order valence-electron chi connectivity index (χ1n) is 11.7. The lowest BCUT2D eigenvalue weighted by Crippen LogP contribution is -2.40. The van der Waals surface area contributed by atoms with Gasteiger partial charge in [0.2, 0.25) is 11.8 Å². The van der Waals surface area contributed by atoms with Crippen LogP contribution in [-0.4, -0.2) is 74.7 Å². The van der Waals surface area contributed by atoms with E-state index in [1.165, 1.54) is 64.5 Å². The lowest BCUT2D eigenvalue weighted by atomic mass is 9.82. The minimum Gasteiger partial charge on any atom is -0.468 e. The molecule has 12 heteroatoms. The number of hydrogen-bond acceptors (Lipinski definition) is 10. The minimum atomic E-state index is -0.724. The largest absolute Gasteiger partial charge is 0.468 e. The fraction of sp³-hybridized carbons (Fsp3) is 0.308. The predicted molar refractivity (Wildman–Crippen MR) is 136 cm³/mol. The normalized spacial score (nSPS) is 13.5. The highest BCUT2D eigenvalue weighted by atomic mass is 16.5. The van der Waals surface area contributed by atoms with Crippen molar-refractivity contribution in [1.29, 1.82) is 0 Å². The molecule has 3 rings (SSSR count). The molecule has 0 aliphatic heterocycles. The van der Waals surface area contributed by atoms with E-state index in [1.54, 1.807) is 0 Å². The van der Waals surface area contributed by atoms with E-state index in [-0.39, 0.29) is 46.7 Å². The molecule has 0 saturated carbocycles. The van der Waals surface area contributed by atoms with Crippen molar-refractivity contribution in [3.8, 4) is 0 Å². The quantitative estimate of drug-likeness (QED) is 0.276. The van der Waals surface area contributed by atoms with Crippen LogP contribution in [0, 0.1) is 0 Å². The zero-order valence-corrected chi connectivity index (χ0v) is 21.3. The van der Waals surface area contributed by atoms with Crippen molar-refractivity contribution in [1.82, 2.24) is 10.6 Å². The Morgan fingerprint density at radius 1 is 0.684 bits per heavy atom. The summed E-state index contributed by atoms with van der Waals surface area (Å²) in [4.78, 5) is 74.9. The molecule has 200 valence electrons. The van der Waals surface area contributed by atoms with Gasteiger partial charge in [-0.25, -0.2) is 0 Å². The SMILES string of the molecule is COC(=O)[C@H](C)NCC(=O)Nc1cccc2c1C(=O)c1cccc(NC(=O)CN[C@@H](C)C(=O)OC)c1C2=O. The Kier molecular flexibility index (Phi) is 9.05. The van der Waals surface area contributed by atoms with E-state index in [1.807, 2.05) is 0 Å². The zero-order chi connectivity index (χ0) is 28.0. The maximum Gasteiger partial charge on any atom is 0.322 e. The van der Waals surface area contributed by atoms with Gasteiger partial charge in [-0.15, -0.1) is 0 Å². The van der Waals surface area contributed by atoms with Crippen molar-refractivity contribution in [2.45, 2.75) is 25.9 Å². The average molecular weight is 525 g/mol. The number of carbonyl (C=O) groups excluding carboxylic acids is 6. The molecular formula is C26H28N4O8. The second kappa shape index (κ2) is 12.2. The number of benzene rings is 2. The number of carbonyl (C=O) groups is 6. The van der Waals surface area contributed by atoms with E-state index in [0.29, 0.717) is 0 Å². The monoisotopic (exact) mass is 524 g/mol. The fourth-order valence-corrected chi connectivity index (χ4v) is 3.85. The van der Waals surface area contributed by atoms with E-state index in [0.717, 1.165) is 0 Å². The van der Waals surface area contributed by atoms with Gasteiger partial charge in [0.25, 0.3) is 0 Å². The highest BCUT2D eigenvalue weighted by Gasteiger charge is 2.34. The molecule has 0 aromatic heterocycles. The molecule has 38 heavy (non-hydrogen) atoms. The number of methoxy groups -OCH3 is 2. The Balaban J connectivity index is 1.80. The first kappa shape index (κ1) is 28.2. The molecule has 2 amide bonds. The Bertz CT molecular complexity index is 1210. The van der Waals surface area contributed by atoms with Crippen LogP contribution in [0.1, 0.15) is 45.7 Å². The number of hydrogen-bond donors (Lipinski definition) is 4. The number of amides is 2. The summed E-state index contributed by atoms with van der Waals surface area (Å²) in [5, 5.41) is 10.6. The summed E-state index contributed by atoms with van der Waals surface area (Å²) in [5.41, 5.74) is 0.456. The third-order valence-electron chi connectivity index (χ3n) is 5.87. The number of fused-ring (bicyclic) bond motifs is 2. The number of rotatable bonds is 10. The summed E-state index contributed by atoms with van der Waals surface area (Å²) in [5.74, 6) is -3.15. The maximum atomic E-state index is 13.5. The van der Waals surface area contributed by atoms with Crippen LogP contribution < -0.4 is 21.3 Å². The van der Waals surface area contributed by atoms with Crippen molar-refractivity contribution >= 4 is 46.7 Å². The van der Waals surface area contributed by atoms with Crippen LogP contribution in [0.2, 0.25) is 0 Å². The number of nitrogens with one attached hydrogen (secondary N) is 4. The van der Waals surface area contributed by atoms with E-state index >= 15 is 0 Å². The van der Waals surface area contributed by atoms with Crippen LogP contribution >= 0.6 is 0 Å². The number of esters is 2. The molecule has 0 spiro atoms. The molecule has 0 unspecified atom stereocenters. The van der Waals surface area contributed by atoms with Crippen LogP contribution in [0.3, 0.4) is 0 Å². The molecule has 1 aliphatic carbocycles. The standard InChI is InChI=1S/C26H28N4O8/c1-13(25(35)37-3)27-11-19(31)29-17-9-5-7-15-21(17)23(33)16-8-6-10-18(22(16)24(15)34)30-20(32)12-28-14(2)26(36)38-4/h5-10,13-14,27-28H,11-12H2,1-4H3,(H,29,31)(H,30,32)/t13-,14-/m0/s1. The van der Waals surface area contributed by atoms with Crippen LogP contribution in [0.25, 0.3) is 0 Å². The summed E-state index contributed by atoms with van der Waals surface area (Å²) in [6.07, 6.45) is 0. The molecule has 2 aromatic rings. The highest BCUT2D eigenvalue weighted by molar-refractivity contribution is 6.32. The van der Waals surface area contributed by atoms with Gasteiger partial charge in [-0.2, -0.15) is 0 Å². The molecular weight excluding hydrogens is 496 g/mol. The molecule has 0 saturated heterocycles. The fourth-order valence-electron chi connectivity index (χ4n) is 3.85. The summed E-state index contributed by atoms with van der Waals surface area (Å²) in [6, 6.07) is 7.51. The van der Waals surface area contributed by atoms with E-state index < -0.39 is 47.4 Å². The van der Waals surface area contributed by atoms with Gasteiger partial charge in [-0.05, 0) is 26.0 Å². The third kappa shape index (κ3) is 6.10. The van der Waals surface area contributed by atoms with E-state index in [9.17, 15) is 28.8 Å². The summed E-state index contributed by atoms with van der Waals surface area (Å²) in [6.45, 7) is 2.60. The smallest absolute Gasteiger partial charge is 0.322 e. The molecule has 2 aromatic carbocycles. The van der Waals surface area contributed by atoms with Gasteiger partial charge in [0, 0.05) is 11.1 Å². The minimum absolute atomic E-state index is 0.0245. The van der Waals surface area contributed by atoms with Gasteiger partial charge in [0.05, 0.1) is 49.8 Å². The molecule has 4 N–H and O–H groups in total. The third-order valence-corrected chi connectivity index (χ3v) is 5.87. The lowest BCUT2D eigenvalue weighted by molar-refractivity contribution is -0.143. The Morgan fingerprint density at radius 3 is 1.39 bits per heavy atom. The molecule has 0 radical (unpaired) electrons. The van der Waals surface area contributed by atoms with Gasteiger partial charge >= 0.3 is 11.9 Å². The molecule has 1 aliphatic rings. The zero-order valence-electron chi connectivity index (χ0n) is 21.3. The summed E-state index contributed by atoms with van der Waals surface area (Å²) < 4.78 is 9.21. The second-order valence-electron chi connectivity index (χ2n) is 8.46. The Hall–Kier alpha value is -4.42. The van der Waals surface area contributed by atoms with Gasteiger partial charge < -0.3 is 20.1 Å². The average Bonchev–Trinajstić information content (AvgIpc) is 2.92. The predicted octanol–water partition coefficient (Wildman–Crippen LogP) is 0.641.